The predicted octanol–water partition coefficient (Wildman–Crippen LogP) is 3.92. The van der Waals surface area contributed by atoms with Crippen molar-refractivity contribution in [3.05, 3.63) is 112 Å². The van der Waals surface area contributed by atoms with Gasteiger partial charge >= 0.3 is 0 Å². The van der Waals surface area contributed by atoms with E-state index in [1.165, 1.54) is 11.1 Å². The summed E-state index contributed by atoms with van der Waals surface area (Å²) < 4.78 is 1.82. The van der Waals surface area contributed by atoms with E-state index in [0.29, 0.717) is 25.1 Å². The molecule has 184 valence electrons. The summed E-state index contributed by atoms with van der Waals surface area (Å²) in [6.07, 6.45) is 1.43. The molecule has 6 nitrogen and oxygen atoms in total. The number of aryl methyl sites for hydroxylation is 3. The van der Waals surface area contributed by atoms with Gasteiger partial charge in [-0.25, -0.2) is 4.98 Å². The van der Waals surface area contributed by atoms with E-state index >= 15 is 0 Å². The van der Waals surface area contributed by atoms with Crippen LogP contribution in [-0.2, 0) is 30.7 Å². The van der Waals surface area contributed by atoms with E-state index in [2.05, 4.69) is 46.3 Å². The molecule has 1 saturated heterocycles. The first kappa shape index (κ1) is 23.9. The lowest BCUT2D eigenvalue weighted by molar-refractivity contribution is -0.133. The Morgan fingerprint density at radius 2 is 1.39 bits per heavy atom. The molecular formula is C30H32N4O2. The second-order valence-corrected chi connectivity index (χ2v) is 9.38. The fourth-order valence-corrected chi connectivity index (χ4v) is 4.90. The van der Waals surface area contributed by atoms with Crippen molar-refractivity contribution >= 4 is 16.9 Å². The average Bonchev–Trinajstić information content (AvgIpc) is 2.93. The highest BCUT2D eigenvalue weighted by molar-refractivity contribution is 5.77. The minimum absolute atomic E-state index is 0.0925. The van der Waals surface area contributed by atoms with Gasteiger partial charge in [-0.1, -0.05) is 72.8 Å². The molecule has 4 aromatic rings. The zero-order valence-corrected chi connectivity index (χ0v) is 20.6. The highest BCUT2D eigenvalue weighted by atomic mass is 16.2. The van der Waals surface area contributed by atoms with Gasteiger partial charge in [0.05, 0.1) is 11.0 Å². The van der Waals surface area contributed by atoms with Crippen LogP contribution < -0.4 is 5.56 Å². The first-order valence-electron chi connectivity index (χ1n) is 12.7. The number of carbonyl (C=O) groups is 1. The van der Waals surface area contributed by atoms with Crippen LogP contribution >= 0.6 is 0 Å². The molecule has 2 heterocycles. The molecule has 0 aliphatic carbocycles. The van der Waals surface area contributed by atoms with Crippen LogP contribution in [0.4, 0.5) is 0 Å². The number of fused-ring (bicyclic) bond motifs is 1. The van der Waals surface area contributed by atoms with Gasteiger partial charge in [0.1, 0.15) is 5.69 Å². The third kappa shape index (κ3) is 5.71. The van der Waals surface area contributed by atoms with E-state index in [-0.39, 0.29) is 11.5 Å². The number of para-hydroxylation sites is 2. The summed E-state index contributed by atoms with van der Waals surface area (Å²) in [5, 5.41) is 0. The van der Waals surface area contributed by atoms with Gasteiger partial charge in [-0.15, -0.1) is 0 Å². The summed E-state index contributed by atoms with van der Waals surface area (Å²) in [7, 11) is 0. The van der Waals surface area contributed by atoms with Gasteiger partial charge in [-0.3, -0.25) is 14.5 Å². The number of rotatable bonds is 8. The molecule has 0 atom stereocenters. The quantitative estimate of drug-likeness (QED) is 0.384. The Balaban J connectivity index is 1.23. The summed E-state index contributed by atoms with van der Waals surface area (Å²) in [6, 6.07) is 28.4. The maximum absolute atomic E-state index is 13.4. The van der Waals surface area contributed by atoms with E-state index in [1.54, 1.807) is 0 Å². The van der Waals surface area contributed by atoms with Crippen LogP contribution in [0.25, 0.3) is 11.0 Å². The molecule has 1 aromatic heterocycles. The Morgan fingerprint density at radius 1 is 0.750 bits per heavy atom. The maximum Gasteiger partial charge on any atom is 0.272 e. The van der Waals surface area contributed by atoms with Crippen molar-refractivity contribution in [1.29, 1.82) is 0 Å². The molecule has 0 spiro atoms. The third-order valence-corrected chi connectivity index (χ3v) is 6.94. The highest BCUT2D eigenvalue weighted by Crippen LogP contribution is 2.14. The smallest absolute Gasteiger partial charge is 0.272 e. The molecule has 5 rings (SSSR count). The van der Waals surface area contributed by atoms with E-state index in [9.17, 15) is 9.59 Å². The number of carbonyl (C=O) groups excluding carboxylic acids is 1. The van der Waals surface area contributed by atoms with Gasteiger partial charge in [0.15, 0.2) is 0 Å². The number of aromatic nitrogens is 2. The van der Waals surface area contributed by atoms with E-state index in [4.69, 9.17) is 0 Å². The van der Waals surface area contributed by atoms with Gasteiger partial charge in [-0.05, 0) is 29.7 Å². The minimum Gasteiger partial charge on any atom is -0.340 e. The fraction of sp³-hybridized carbons (Fsp3) is 0.300. The first-order valence-corrected chi connectivity index (χ1v) is 12.7. The number of nitrogens with zero attached hydrogens (tertiary/aromatic N) is 4. The van der Waals surface area contributed by atoms with Crippen molar-refractivity contribution in [1.82, 2.24) is 19.4 Å². The zero-order valence-electron chi connectivity index (χ0n) is 20.6. The lowest BCUT2D eigenvalue weighted by Crippen LogP contribution is -2.48. The minimum atomic E-state index is -0.0925. The lowest BCUT2D eigenvalue weighted by Gasteiger charge is -2.34. The van der Waals surface area contributed by atoms with Crippen molar-refractivity contribution in [2.24, 2.45) is 0 Å². The van der Waals surface area contributed by atoms with Gasteiger partial charge in [-0.2, -0.15) is 0 Å². The van der Waals surface area contributed by atoms with Crippen molar-refractivity contribution in [3.63, 3.8) is 0 Å². The molecule has 3 aromatic carbocycles. The van der Waals surface area contributed by atoms with E-state index in [1.807, 2.05) is 58.0 Å². The van der Waals surface area contributed by atoms with Crippen molar-refractivity contribution in [2.45, 2.75) is 32.4 Å². The Labute approximate surface area is 211 Å². The summed E-state index contributed by atoms with van der Waals surface area (Å²) in [5.41, 5.74) is 4.49. The fourth-order valence-electron chi connectivity index (χ4n) is 4.90. The van der Waals surface area contributed by atoms with Crippen LogP contribution in [-0.4, -0.2) is 51.4 Å². The first-order chi connectivity index (χ1) is 17.7. The molecule has 1 aliphatic rings. The lowest BCUT2D eigenvalue weighted by atomic mass is 10.1. The number of hydrogen-bond donors (Lipinski definition) is 0. The average molecular weight is 481 g/mol. The molecule has 0 saturated carbocycles. The van der Waals surface area contributed by atoms with Crippen molar-refractivity contribution < 1.29 is 4.79 Å². The second-order valence-electron chi connectivity index (χ2n) is 9.38. The molecule has 0 N–H and O–H groups in total. The molecule has 1 amide bonds. The summed E-state index contributed by atoms with van der Waals surface area (Å²) in [5.74, 6) is 0.0968. The van der Waals surface area contributed by atoms with Crippen LogP contribution in [0.1, 0.15) is 23.2 Å². The Morgan fingerprint density at radius 3 is 2.11 bits per heavy atom. The van der Waals surface area contributed by atoms with Crippen LogP contribution in [0.15, 0.2) is 89.7 Å². The predicted molar refractivity (Wildman–Crippen MR) is 143 cm³/mol. The standard InChI is InChI=1S/C30H32N4O2/c35-29(33-21-19-32(20-22-33)23-25-11-5-2-6-12-25)16-15-27-30(36)34(18-17-24-9-3-1-4-10-24)28-14-8-7-13-26(28)31-27/h1-14H,15-23H2. The van der Waals surface area contributed by atoms with Gasteiger partial charge in [0.25, 0.3) is 5.56 Å². The van der Waals surface area contributed by atoms with Crippen molar-refractivity contribution in [2.75, 3.05) is 26.2 Å². The molecule has 1 aliphatic heterocycles. The molecule has 36 heavy (non-hydrogen) atoms. The zero-order chi connectivity index (χ0) is 24.7. The summed E-state index contributed by atoms with van der Waals surface area (Å²) in [6.45, 7) is 4.65. The largest absolute Gasteiger partial charge is 0.340 e. The number of hydrogen-bond acceptors (Lipinski definition) is 4. The molecule has 6 heteroatoms. The molecule has 0 radical (unpaired) electrons. The van der Waals surface area contributed by atoms with Crippen LogP contribution in [0.3, 0.4) is 0 Å². The van der Waals surface area contributed by atoms with Gasteiger partial charge < -0.3 is 9.47 Å². The SMILES string of the molecule is O=C(CCc1nc2ccccc2n(CCc2ccccc2)c1=O)N1CCN(Cc2ccccc2)CC1. The van der Waals surface area contributed by atoms with E-state index in [0.717, 1.165) is 50.2 Å². The second kappa shape index (κ2) is 11.3. The Kier molecular flexibility index (Phi) is 7.52. The Hall–Kier alpha value is -3.77. The molecule has 1 fully saturated rings. The van der Waals surface area contributed by atoms with Gasteiger partial charge in [0, 0.05) is 52.1 Å². The monoisotopic (exact) mass is 480 g/mol. The molecule has 0 bridgehead atoms. The normalized spacial score (nSPS) is 14.3. The third-order valence-electron chi connectivity index (χ3n) is 6.94. The molecular weight excluding hydrogens is 448 g/mol. The Bertz CT molecular complexity index is 1360. The topological polar surface area (TPSA) is 58.4 Å². The van der Waals surface area contributed by atoms with Crippen LogP contribution in [0, 0.1) is 0 Å². The number of amides is 1. The summed E-state index contributed by atoms with van der Waals surface area (Å²) >= 11 is 0. The van der Waals surface area contributed by atoms with Crippen molar-refractivity contribution in [3.8, 4) is 0 Å². The highest BCUT2D eigenvalue weighted by Gasteiger charge is 2.22. The summed E-state index contributed by atoms with van der Waals surface area (Å²) in [4.78, 5) is 35.3. The van der Waals surface area contributed by atoms with Gasteiger partial charge in [0.2, 0.25) is 5.91 Å². The number of piperazine rings is 1. The van der Waals surface area contributed by atoms with E-state index < -0.39 is 0 Å². The maximum atomic E-state index is 13.4. The van der Waals surface area contributed by atoms with Crippen LogP contribution in [0.5, 0.6) is 0 Å². The molecule has 0 unspecified atom stereocenters. The number of benzene rings is 3. The van der Waals surface area contributed by atoms with Crippen LogP contribution in [0.2, 0.25) is 0 Å².